The monoisotopic (exact) mass is 218 g/mol. The maximum atomic E-state index is 6.21. The van der Waals surface area contributed by atoms with Crippen LogP contribution in [0, 0.1) is 0 Å². The molecule has 15 heavy (non-hydrogen) atoms. The molecule has 0 aromatic carbocycles. The van der Waals surface area contributed by atoms with Gasteiger partial charge in [0.2, 0.25) is 0 Å². The molecule has 0 aliphatic heterocycles. The average molecular weight is 219 g/mol. The highest BCUT2D eigenvalue weighted by atomic mass is 35.5. The van der Waals surface area contributed by atoms with Gasteiger partial charge in [0.15, 0.2) is 5.65 Å². The molecule has 1 aliphatic rings. The molecule has 0 N–H and O–H groups in total. The van der Waals surface area contributed by atoms with Crippen molar-refractivity contribution in [1.82, 2.24) is 9.97 Å². The molecule has 3 heteroatoms. The second-order valence-corrected chi connectivity index (χ2v) is 4.37. The number of halogens is 1. The zero-order chi connectivity index (χ0) is 10.3. The molecule has 0 unspecified atom stereocenters. The number of aryl methyl sites for hydroxylation is 2. The Bertz CT molecular complexity index is 522. The van der Waals surface area contributed by atoms with E-state index in [1.807, 2.05) is 12.3 Å². The average Bonchev–Trinajstić information content (AvgIpc) is 2.29. The third kappa shape index (κ3) is 1.40. The van der Waals surface area contributed by atoms with Gasteiger partial charge in [-0.1, -0.05) is 11.6 Å². The van der Waals surface area contributed by atoms with Crippen LogP contribution in [0.1, 0.15) is 24.0 Å². The molecule has 0 radical (unpaired) electrons. The minimum Gasteiger partial charge on any atom is -0.237 e. The van der Waals surface area contributed by atoms with E-state index in [2.05, 4.69) is 9.97 Å². The molecule has 2 aromatic rings. The summed E-state index contributed by atoms with van der Waals surface area (Å²) < 4.78 is 0. The summed E-state index contributed by atoms with van der Waals surface area (Å²) in [6.07, 6.45) is 8.42. The number of hydrogen-bond donors (Lipinski definition) is 0. The maximum absolute atomic E-state index is 6.21. The third-order valence-electron chi connectivity index (χ3n) is 3.04. The fourth-order valence-corrected chi connectivity index (χ4v) is 2.56. The van der Waals surface area contributed by atoms with Crippen LogP contribution in [0.5, 0.6) is 0 Å². The van der Waals surface area contributed by atoms with Crippen LogP contribution in [0.25, 0.3) is 11.0 Å². The molecular weight excluding hydrogens is 208 g/mol. The van der Waals surface area contributed by atoms with Crippen molar-refractivity contribution in [2.75, 3.05) is 0 Å². The zero-order valence-electron chi connectivity index (χ0n) is 8.33. The molecule has 0 spiro atoms. The lowest BCUT2D eigenvalue weighted by atomic mass is 9.91. The van der Waals surface area contributed by atoms with Gasteiger partial charge in [-0.05, 0) is 42.9 Å². The molecule has 1 aliphatic carbocycles. The highest BCUT2D eigenvalue weighted by Crippen LogP contribution is 2.30. The van der Waals surface area contributed by atoms with Crippen molar-refractivity contribution in [3.05, 3.63) is 34.6 Å². The van der Waals surface area contributed by atoms with Gasteiger partial charge in [-0.3, -0.25) is 0 Å². The molecule has 0 amide bonds. The molecule has 3 rings (SSSR count). The van der Waals surface area contributed by atoms with Gasteiger partial charge in [-0.25, -0.2) is 9.97 Å². The Labute approximate surface area is 93.3 Å². The van der Waals surface area contributed by atoms with E-state index in [9.17, 15) is 0 Å². The lowest BCUT2D eigenvalue weighted by molar-refractivity contribution is 0.687. The van der Waals surface area contributed by atoms with E-state index < -0.39 is 0 Å². The Balaban J connectivity index is 2.39. The second kappa shape index (κ2) is 3.46. The fourth-order valence-electron chi connectivity index (χ4n) is 2.30. The minimum atomic E-state index is 0.781. The lowest BCUT2D eigenvalue weighted by Crippen LogP contribution is -2.05. The summed E-state index contributed by atoms with van der Waals surface area (Å²) in [6, 6.07) is 1.85. The van der Waals surface area contributed by atoms with Gasteiger partial charge >= 0.3 is 0 Å². The van der Waals surface area contributed by atoms with E-state index in [1.54, 1.807) is 6.20 Å². The number of fused-ring (bicyclic) bond motifs is 3. The molecule has 76 valence electrons. The quantitative estimate of drug-likeness (QED) is 0.679. The number of nitrogens with zero attached hydrogens (tertiary/aromatic N) is 2. The van der Waals surface area contributed by atoms with Crippen molar-refractivity contribution in [1.29, 1.82) is 0 Å². The Kier molecular flexibility index (Phi) is 2.10. The first-order chi connectivity index (χ1) is 7.36. The Morgan fingerprint density at radius 2 is 2.00 bits per heavy atom. The van der Waals surface area contributed by atoms with Crippen LogP contribution in [-0.4, -0.2) is 9.97 Å². The van der Waals surface area contributed by atoms with Gasteiger partial charge in [0.25, 0.3) is 0 Å². The smallest absolute Gasteiger partial charge is 0.160 e. The summed E-state index contributed by atoms with van der Waals surface area (Å²) in [5.41, 5.74) is 3.50. The van der Waals surface area contributed by atoms with Crippen LogP contribution >= 0.6 is 11.6 Å². The highest BCUT2D eigenvalue weighted by Gasteiger charge is 2.15. The standard InChI is InChI=1S/C12H11ClN2/c13-10-5-6-14-12-11(10)9-4-2-1-3-8(9)7-15-12/h5-7H,1-4H2. The molecular formula is C12H11ClN2. The largest absolute Gasteiger partial charge is 0.237 e. The summed E-state index contributed by atoms with van der Waals surface area (Å²) >= 11 is 6.21. The molecule has 0 saturated carbocycles. The highest BCUT2D eigenvalue weighted by molar-refractivity contribution is 6.35. The van der Waals surface area contributed by atoms with E-state index in [0.717, 1.165) is 28.9 Å². The number of rotatable bonds is 0. The van der Waals surface area contributed by atoms with Crippen LogP contribution in [0.3, 0.4) is 0 Å². The first-order valence-corrected chi connectivity index (χ1v) is 5.65. The summed E-state index contributed by atoms with van der Waals surface area (Å²) in [6.45, 7) is 0. The molecule has 2 nitrogen and oxygen atoms in total. The van der Waals surface area contributed by atoms with Crippen molar-refractivity contribution in [2.24, 2.45) is 0 Å². The third-order valence-corrected chi connectivity index (χ3v) is 3.35. The van der Waals surface area contributed by atoms with E-state index >= 15 is 0 Å². The second-order valence-electron chi connectivity index (χ2n) is 3.96. The molecule has 0 bridgehead atoms. The minimum absolute atomic E-state index is 0.781. The van der Waals surface area contributed by atoms with E-state index in [1.165, 1.54) is 24.0 Å². The van der Waals surface area contributed by atoms with E-state index in [4.69, 9.17) is 11.6 Å². The molecule has 0 fully saturated rings. The van der Waals surface area contributed by atoms with Gasteiger partial charge in [-0.2, -0.15) is 0 Å². The van der Waals surface area contributed by atoms with E-state index in [-0.39, 0.29) is 0 Å². The van der Waals surface area contributed by atoms with Gasteiger partial charge < -0.3 is 0 Å². The summed E-state index contributed by atoms with van der Waals surface area (Å²) in [7, 11) is 0. The summed E-state index contributed by atoms with van der Waals surface area (Å²) in [5, 5.41) is 1.85. The maximum Gasteiger partial charge on any atom is 0.160 e. The topological polar surface area (TPSA) is 25.8 Å². The van der Waals surface area contributed by atoms with Gasteiger partial charge in [0.05, 0.1) is 5.02 Å². The predicted molar refractivity (Wildman–Crippen MR) is 61.2 cm³/mol. The van der Waals surface area contributed by atoms with Crippen LogP contribution in [-0.2, 0) is 12.8 Å². The molecule has 2 aromatic heterocycles. The predicted octanol–water partition coefficient (Wildman–Crippen LogP) is 3.16. The SMILES string of the molecule is Clc1ccnc2ncc3c(c12)CCCC3. The summed E-state index contributed by atoms with van der Waals surface area (Å²) in [4.78, 5) is 8.61. The van der Waals surface area contributed by atoms with Gasteiger partial charge in [-0.15, -0.1) is 0 Å². The Morgan fingerprint density at radius 1 is 1.13 bits per heavy atom. The van der Waals surface area contributed by atoms with Crippen LogP contribution in [0.4, 0.5) is 0 Å². The van der Waals surface area contributed by atoms with Crippen LogP contribution in [0.15, 0.2) is 18.5 Å². The Morgan fingerprint density at radius 3 is 2.93 bits per heavy atom. The first-order valence-electron chi connectivity index (χ1n) is 5.27. The molecule has 2 heterocycles. The Hall–Kier alpha value is -1.15. The van der Waals surface area contributed by atoms with E-state index in [0.29, 0.717) is 0 Å². The zero-order valence-corrected chi connectivity index (χ0v) is 9.09. The van der Waals surface area contributed by atoms with Crippen molar-refractivity contribution >= 4 is 22.6 Å². The van der Waals surface area contributed by atoms with Crippen molar-refractivity contribution in [3.63, 3.8) is 0 Å². The normalized spacial score (nSPS) is 15.3. The molecule has 0 saturated heterocycles. The summed E-state index contributed by atoms with van der Waals surface area (Å²) in [5.74, 6) is 0. The first kappa shape index (κ1) is 9.10. The van der Waals surface area contributed by atoms with Crippen LogP contribution < -0.4 is 0 Å². The number of pyridine rings is 2. The fraction of sp³-hybridized carbons (Fsp3) is 0.333. The number of hydrogen-bond acceptors (Lipinski definition) is 2. The van der Waals surface area contributed by atoms with Crippen molar-refractivity contribution in [2.45, 2.75) is 25.7 Å². The number of aromatic nitrogens is 2. The van der Waals surface area contributed by atoms with Gasteiger partial charge in [0.1, 0.15) is 0 Å². The van der Waals surface area contributed by atoms with Gasteiger partial charge in [0, 0.05) is 17.8 Å². The lowest BCUT2D eigenvalue weighted by Gasteiger charge is -2.17. The van der Waals surface area contributed by atoms with Crippen molar-refractivity contribution < 1.29 is 0 Å². The van der Waals surface area contributed by atoms with Crippen LogP contribution in [0.2, 0.25) is 5.02 Å². The molecule has 0 atom stereocenters. The van der Waals surface area contributed by atoms with Crippen molar-refractivity contribution in [3.8, 4) is 0 Å².